The van der Waals surface area contributed by atoms with E-state index in [4.69, 9.17) is 4.74 Å². The highest BCUT2D eigenvalue weighted by Crippen LogP contribution is 2.33. The summed E-state index contributed by atoms with van der Waals surface area (Å²) in [5, 5.41) is 0. The van der Waals surface area contributed by atoms with Crippen molar-refractivity contribution in [2.24, 2.45) is 0 Å². The molecule has 1 fully saturated rings. The van der Waals surface area contributed by atoms with Gasteiger partial charge in [0.2, 0.25) is 0 Å². The van der Waals surface area contributed by atoms with Crippen LogP contribution in [0.2, 0.25) is 0 Å². The predicted molar refractivity (Wildman–Crippen MR) is 71.3 cm³/mol. The molecule has 19 heavy (non-hydrogen) atoms. The number of hydrogen-bond donors (Lipinski definition) is 0. The van der Waals surface area contributed by atoms with Crippen LogP contribution in [0.5, 0.6) is 0 Å². The van der Waals surface area contributed by atoms with Crippen LogP contribution in [0.3, 0.4) is 0 Å². The summed E-state index contributed by atoms with van der Waals surface area (Å²) in [6, 6.07) is 9.82. The Hall–Kier alpha value is -2.06. The molecule has 2 rings (SSSR count). The van der Waals surface area contributed by atoms with Gasteiger partial charge in [0.15, 0.2) is 0 Å². The maximum Gasteiger partial charge on any atom is 0.410 e. The zero-order chi connectivity index (χ0) is 13.7. The first kappa shape index (κ1) is 13.4. The van der Waals surface area contributed by atoms with Crippen molar-refractivity contribution in [3.8, 4) is 0 Å². The zero-order valence-corrected chi connectivity index (χ0v) is 10.9. The van der Waals surface area contributed by atoms with Gasteiger partial charge in [0.1, 0.15) is 12.0 Å². The topological polar surface area (TPSA) is 46.6 Å². The van der Waals surface area contributed by atoms with E-state index in [9.17, 15) is 9.59 Å². The third kappa shape index (κ3) is 3.04. The SMILES string of the molecule is C[C@@H]1OC(=O)N(CCCC=C=O)[C@@H]1c1ccccc1. The fraction of sp³-hybridized carbons (Fsp3) is 0.400. The molecule has 1 heterocycles. The largest absolute Gasteiger partial charge is 0.444 e. The summed E-state index contributed by atoms with van der Waals surface area (Å²) in [7, 11) is 0. The molecule has 4 heteroatoms. The molecular weight excluding hydrogens is 242 g/mol. The second-order valence-electron chi connectivity index (χ2n) is 4.60. The minimum Gasteiger partial charge on any atom is -0.444 e. The normalized spacial score (nSPS) is 21.9. The van der Waals surface area contributed by atoms with Crippen LogP contribution in [0, 0.1) is 0 Å². The van der Waals surface area contributed by atoms with Gasteiger partial charge in [-0.25, -0.2) is 9.59 Å². The molecule has 0 aliphatic carbocycles. The van der Waals surface area contributed by atoms with E-state index in [0.717, 1.165) is 12.0 Å². The molecule has 0 saturated carbocycles. The van der Waals surface area contributed by atoms with Crippen LogP contribution in [0.25, 0.3) is 0 Å². The van der Waals surface area contributed by atoms with Crippen molar-refractivity contribution in [1.82, 2.24) is 4.90 Å². The molecule has 1 aliphatic rings. The standard InChI is InChI=1S/C15H17NO3/c1-12-14(13-8-4-2-5-9-13)16(15(18)19-12)10-6-3-7-11-17/h2,4-5,7-9,12,14H,3,6,10H2,1H3/t12-,14-/m0/s1. The number of carbonyl (C=O) groups is 1. The minimum absolute atomic E-state index is 0.0473. The molecule has 0 bridgehead atoms. The fourth-order valence-electron chi connectivity index (χ4n) is 2.41. The van der Waals surface area contributed by atoms with Crippen molar-refractivity contribution in [3.63, 3.8) is 0 Å². The quantitative estimate of drug-likeness (QED) is 0.603. The van der Waals surface area contributed by atoms with E-state index in [1.807, 2.05) is 37.3 Å². The molecule has 4 nitrogen and oxygen atoms in total. The molecule has 0 radical (unpaired) electrons. The Morgan fingerprint density at radius 2 is 2.11 bits per heavy atom. The van der Waals surface area contributed by atoms with Crippen molar-refractivity contribution in [3.05, 3.63) is 42.0 Å². The average molecular weight is 259 g/mol. The van der Waals surface area contributed by atoms with Gasteiger partial charge >= 0.3 is 6.09 Å². The molecule has 2 atom stereocenters. The zero-order valence-electron chi connectivity index (χ0n) is 10.9. The lowest BCUT2D eigenvalue weighted by molar-refractivity contribution is 0.137. The summed E-state index contributed by atoms with van der Waals surface area (Å²) < 4.78 is 5.30. The van der Waals surface area contributed by atoms with Crippen molar-refractivity contribution in [1.29, 1.82) is 0 Å². The van der Waals surface area contributed by atoms with E-state index in [1.165, 1.54) is 6.08 Å². The molecule has 1 aliphatic heterocycles. The number of ether oxygens (including phenoxy) is 1. The van der Waals surface area contributed by atoms with E-state index in [1.54, 1.807) is 10.8 Å². The van der Waals surface area contributed by atoms with E-state index in [0.29, 0.717) is 13.0 Å². The lowest BCUT2D eigenvalue weighted by atomic mass is 10.0. The number of cyclic esters (lactones) is 1. The molecule has 0 aromatic heterocycles. The van der Waals surface area contributed by atoms with Gasteiger partial charge in [0.05, 0.1) is 6.04 Å². The maximum absolute atomic E-state index is 11.8. The first-order valence-corrected chi connectivity index (χ1v) is 6.45. The monoisotopic (exact) mass is 259 g/mol. The molecule has 0 N–H and O–H groups in total. The van der Waals surface area contributed by atoms with E-state index in [2.05, 4.69) is 0 Å². The highest BCUT2D eigenvalue weighted by atomic mass is 16.6. The number of unbranched alkanes of at least 4 members (excludes halogenated alkanes) is 1. The van der Waals surface area contributed by atoms with Gasteiger partial charge in [-0.05, 0) is 31.4 Å². The van der Waals surface area contributed by atoms with Crippen LogP contribution in [-0.4, -0.2) is 29.6 Å². The van der Waals surface area contributed by atoms with Gasteiger partial charge in [-0.3, -0.25) is 4.90 Å². The number of allylic oxidation sites excluding steroid dienone is 1. The summed E-state index contributed by atoms with van der Waals surface area (Å²) in [4.78, 5) is 23.7. The van der Waals surface area contributed by atoms with Gasteiger partial charge in [0, 0.05) is 6.54 Å². The summed E-state index contributed by atoms with van der Waals surface area (Å²) in [5.41, 5.74) is 1.08. The molecule has 1 saturated heterocycles. The molecular formula is C15H17NO3. The number of amides is 1. The van der Waals surface area contributed by atoms with Crippen LogP contribution in [-0.2, 0) is 9.53 Å². The lowest BCUT2D eigenvalue weighted by Gasteiger charge is -2.23. The van der Waals surface area contributed by atoms with Crippen LogP contribution in [0.1, 0.15) is 31.4 Å². The Balaban J connectivity index is 2.10. The van der Waals surface area contributed by atoms with Gasteiger partial charge in [-0.2, -0.15) is 0 Å². The summed E-state index contributed by atoms with van der Waals surface area (Å²) >= 11 is 0. The summed E-state index contributed by atoms with van der Waals surface area (Å²) in [5.74, 6) is 1.75. The Morgan fingerprint density at radius 3 is 2.79 bits per heavy atom. The molecule has 0 unspecified atom stereocenters. The van der Waals surface area contributed by atoms with Gasteiger partial charge in [0.25, 0.3) is 0 Å². The van der Waals surface area contributed by atoms with Gasteiger partial charge < -0.3 is 4.74 Å². The van der Waals surface area contributed by atoms with E-state index in [-0.39, 0.29) is 18.2 Å². The Morgan fingerprint density at radius 1 is 1.37 bits per heavy atom. The van der Waals surface area contributed by atoms with Gasteiger partial charge in [-0.1, -0.05) is 30.3 Å². The Labute approximate surface area is 112 Å². The highest BCUT2D eigenvalue weighted by Gasteiger charge is 2.39. The maximum atomic E-state index is 11.8. The number of benzene rings is 1. The molecule has 1 aromatic rings. The smallest absolute Gasteiger partial charge is 0.410 e. The second kappa shape index (κ2) is 6.21. The molecule has 1 aromatic carbocycles. The van der Waals surface area contributed by atoms with Crippen molar-refractivity contribution in [2.45, 2.75) is 31.9 Å². The highest BCUT2D eigenvalue weighted by molar-refractivity contribution is 5.71. The van der Waals surface area contributed by atoms with Gasteiger partial charge in [-0.15, -0.1) is 0 Å². The number of rotatable bonds is 5. The summed E-state index contributed by atoms with van der Waals surface area (Å²) in [6.45, 7) is 2.49. The predicted octanol–water partition coefficient (Wildman–Crippen LogP) is 2.74. The fourth-order valence-corrected chi connectivity index (χ4v) is 2.41. The van der Waals surface area contributed by atoms with Crippen molar-refractivity contribution in [2.75, 3.05) is 6.54 Å². The average Bonchev–Trinajstić information content (AvgIpc) is 2.70. The molecule has 0 spiro atoms. The number of nitrogens with zero attached hydrogens (tertiary/aromatic N) is 1. The van der Waals surface area contributed by atoms with Crippen LogP contribution < -0.4 is 0 Å². The number of carbonyl (C=O) groups excluding carboxylic acids is 2. The lowest BCUT2D eigenvalue weighted by Crippen LogP contribution is -2.29. The second-order valence-corrected chi connectivity index (χ2v) is 4.60. The molecule has 100 valence electrons. The molecule has 1 amide bonds. The Kier molecular flexibility index (Phi) is 4.37. The minimum atomic E-state index is -0.281. The third-order valence-corrected chi connectivity index (χ3v) is 3.27. The van der Waals surface area contributed by atoms with Crippen LogP contribution in [0.4, 0.5) is 4.79 Å². The van der Waals surface area contributed by atoms with Crippen LogP contribution in [0.15, 0.2) is 36.4 Å². The first-order chi connectivity index (χ1) is 9.24. The van der Waals surface area contributed by atoms with Crippen molar-refractivity contribution < 1.29 is 14.3 Å². The Bertz CT molecular complexity index is 479. The third-order valence-electron chi connectivity index (χ3n) is 3.27. The van der Waals surface area contributed by atoms with E-state index >= 15 is 0 Å². The van der Waals surface area contributed by atoms with E-state index < -0.39 is 0 Å². The van der Waals surface area contributed by atoms with Crippen molar-refractivity contribution >= 4 is 12.0 Å². The summed E-state index contributed by atoms with van der Waals surface area (Å²) in [6.07, 6.45) is 2.37. The number of hydrogen-bond acceptors (Lipinski definition) is 3. The van der Waals surface area contributed by atoms with Crippen LogP contribution >= 0.6 is 0 Å². The first-order valence-electron chi connectivity index (χ1n) is 6.45.